The molecule has 1 fully saturated rings. The van der Waals surface area contributed by atoms with Crippen LogP contribution < -0.4 is 11.5 Å². The molecular weight excluding hydrogens is 412 g/mol. The number of aliphatic carboxylic acids is 1. The molecule has 30 heavy (non-hydrogen) atoms. The molecule has 0 aliphatic heterocycles. The van der Waals surface area contributed by atoms with Crippen molar-refractivity contribution >= 4 is 23.5 Å². The molecule has 2 aromatic heterocycles. The van der Waals surface area contributed by atoms with Crippen LogP contribution in [0.15, 0.2) is 42.7 Å². The Labute approximate surface area is 176 Å². The van der Waals surface area contributed by atoms with Crippen LogP contribution in [0.2, 0.25) is 5.02 Å². The van der Waals surface area contributed by atoms with E-state index in [2.05, 4.69) is 21.0 Å². The molecule has 0 saturated heterocycles. The first-order valence-corrected chi connectivity index (χ1v) is 9.24. The molecule has 4 rings (SSSR count). The first kappa shape index (κ1) is 21.2. The zero-order valence-electron chi connectivity index (χ0n) is 15.7. The molecule has 11 heteroatoms. The average Bonchev–Trinajstić information content (AvgIpc) is 3.37. The quantitative estimate of drug-likeness (QED) is 0.470. The number of carboxylic acids is 1. The highest BCUT2D eigenvalue weighted by atomic mass is 35.5. The first-order valence-electron chi connectivity index (χ1n) is 8.87. The lowest BCUT2D eigenvalue weighted by Crippen LogP contribution is -2.19. The van der Waals surface area contributed by atoms with E-state index in [4.69, 9.17) is 22.4 Å². The van der Waals surface area contributed by atoms with Crippen molar-refractivity contribution < 1.29 is 19.8 Å². The van der Waals surface area contributed by atoms with Crippen LogP contribution in [0.1, 0.15) is 28.9 Å². The highest BCUT2D eigenvalue weighted by molar-refractivity contribution is 6.30. The number of carbonyl (C=O) groups excluding carboxylic acids is 1. The minimum absolute atomic E-state index is 0.170. The second-order valence-corrected chi connectivity index (χ2v) is 7.08. The number of hydrogen-bond donors (Lipinski definition) is 4. The number of carbonyl (C=O) groups is 2. The Morgan fingerprint density at radius 1 is 1.23 bits per heavy atom. The molecule has 10 nitrogen and oxygen atoms in total. The summed E-state index contributed by atoms with van der Waals surface area (Å²) in [6, 6.07) is 9.11. The lowest BCUT2D eigenvalue weighted by atomic mass is 10.1. The smallest absolute Gasteiger partial charge is 0.317 e. The molecule has 1 aliphatic rings. The summed E-state index contributed by atoms with van der Waals surface area (Å²) in [4.78, 5) is 24.3. The van der Waals surface area contributed by atoms with Crippen molar-refractivity contribution in [3.8, 4) is 17.0 Å². The van der Waals surface area contributed by atoms with Crippen molar-refractivity contribution in [3.63, 3.8) is 0 Å². The van der Waals surface area contributed by atoms with Crippen molar-refractivity contribution in [2.45, 2.75) is 18.4 Å². The van der Waals surface area contributed by atoms with Gasteiger partial charge in [0, 0.05) is 16.8 Å². The molecule has 1 saturated carbocycles. The van der Waals surface area contributed by atoms with Gasteiger partial charge in [-0.25, -0.2) is 9.67 Å². The van der Waals surface area contributed by atoms with Gasteiger partial charge in [-0.05, 0) is 36.6 Å². The molecule has 3 aromatic rings. The standard InChI is InChI=1S/C17H14ClN5O2.C2H5NO2/c18-12-3-1-11(2-4-12)17(5-6-17)23-9-13(21-22-23)10-7-14(24)15(16(19)25)20-8-10;3-1-2(4)5/h1-4,7-9,24H,5-6H2,(H2,19,25);1,3H2,(H,4,5). The van der Waals surface area contributed by atoms with E-state index in [1.54, 1.807) is 0 Å². The number of benzene rings is 1. The SMILES string of the molecule is NC(=O)c1ncc(-c2cn(C3(c4ccc(Cl)cc4)CC3)nn2)cc1O.NCC(=O)O. The maximum Gasteiger partial charge on any atom is 0.317 e. The predicted molar refractivity (Wildman–Crippen MR) is 108 cm³/mol. The molecular formula is C19H19ClN6O4. The number of amides is 1. The monoisotopic (exact) mass is 430 g/mol. The van der Waals surface area contributed by atoms with Crippen molar-refractivity contribution in [3.05, 3.63) is 59.0 Å². The third kappa shape index (κ3) is 4.39. The number of carboxylic acid groups (broad SMARTS) is 1. The van der Waals surface area contributed by atoms with Gasteiger partial charge in [-0.15, -0.1) is 5.10 Å². The van der Waals surface area contributed by atoms with Gasteiger partial charge in [0.1, 0.15) is 11.4 Å². The van der Waals surface area contributed by atoms with Crippen LogP contribution >= 0.6 is 11.6 Å². The summed E-state index contributed by atoms with van der Waals surface area (Å²) in [6.45, 7) is -0.278. The summed E-state index contributed by atoms with van der Waals surface area (Å²) >= 11 is 5.96. The van der Waals surface area contributed by atoms with Crippen LogP contribution in [0.25, 0.3) is 11.3 Å². The van der Waals surface area contributed by atoms with Gasteiger partial charge in [0.25, 0.3) is 5.91 Å². The van der Waals surface area contributed by atoms with Crippen molar-refractivity contribution in [2.75, 3.05) is 6.54 Å². The van der Waals surface area contributed by atoms with Crippen molar-refractivity contribution in [1.82, 2.24) is 20.0 Å². The van der Waals surface area contributed by atoms with Crippen LogP contribution in [-0.2, 0) is 10.3 Å². The van der Waals surface area contributed by atoms with E-state index < -0.39 is 11.9 Å². The van der Waals surface area contributed by atoms with Gasteiger partial charge in [-0.3, -0.25) is 9.59 Å². The van der Waals surface area contributed by atoms with E-state index >= 15 is 0 Å². The Balaban J connectivity index is 0.000000461. The topological polar surface area (TPSA) is 170 Å². The van der Waals surface area contributed by atoms with Crippen LogP contribution in [0.4, 0.5) is 0 Å². The van der Waals surface area contributed by atoms with E-state index in [0.29, 0.717) is 16.3 Å². The highest BCUT2D eigenvalue weighted by Crippen LogP contribution is 2.49. The number of rotatable bonds is 5. The van der Waals surface area contributed by atoms with E-state index in [0.717, 1.165) is 18.4 Å². The summed E-state index contributed by atoms with van der Waals surface area (Å²) in [5, 5.41) is 26.6. The highest BCUT2D eigenvalue weighted by Gasteiger charge is 2.47. The molecule has 156 valence electrons. The Hall–Kier alpha value is -3.50. The van der Waals surface area contributed by atoms with E-state index in [9.17, 15) is 14.7 Å². The van der Waals surface area contributed by atoms with Crippen LogP contribution in [0, 0.1) is 0 Å². The minimum atomic E-state index is -0.968. The maximum atomic E-state index is 11.2. The van der Waals surface area contributed by atoms with Gasteiger partial charge in [-0.1, -0.05) is 28.9 Å². The Morgan fingerprint density at radius 2 is 1.87 bits per heavy atom. The number of pyridine rings is 1. The van der Waals surface area contributed by atoms with E-state index in [1.165, 1.54) is 12.3 Å². The van der Waals surface area contributed by atoms with Crippen molar-refractivity contribution in [2.24, 2.45) is 11.5 Å². The molecule has 0 unspecified atom stereocenters. The predicted octanol–water partition coefficient (Wildman–Crippen LogP) is 1.37. The fraction of sp³-hybridized carbons (Fsp3) is 0.211. The van der Waals surface area contributed by atoms with Gasteiger partial charge in [0.15, 0.2) is 5.69 Å². The second kappa shape index (κ2) is 8.47. The van der Waals surface area contributed by atoms with E-state index in [-0.39, 0.29) is 23.5 Å². The largest absolute Gasteiger partial charge is 0.505 e. The van der Waals surface area contributed by atoms with E-state index in [1.807, 2.05) is 35.1 Å². The second-order valence-electron chi connectivity index (χ2n) is 6.64. The Bertz CT molecular complexity index is 1080. The fourth-order valence-corrected chi connectivity index (χ4v) is 3.04. The summed E-state index contributed by atoms with van der Waals surface area (Å²) in [5.74, 6) is -2.03. The number of halogens is 1. The number of hydrogen-bond acceptors (Lipinski definition) is 7. The number of nitrogens with two attached hydrogens (primary N) is 2. The number of primary amides is 1. The van der Waals surface area contributed by atoms with Gasteiger partial charge in [-0.2, -0.15) is 0 Å². The van der Waals surface area contributed by atoms with Crippen LogP contribution in [0.3, 0.4) is 0 Å². The minimum Gasteiger partial charge on any atom is -0.505 e. The molecule has 0 radical (unpaired) electrons. The molecule has 1 amide bonds. The third-order valence-electron chi connectivity index (χ3n) is 4.61. The summed E-state index contributed by atoms with van der Waals surface area (Å²) < 4.78 is 1.82. The van der Waals surface area contributed by atoms with Crippen LogP contribution in [0.5, 0.6) is 5.75 Å². The maximum absolute atomic E-state index is 11.2. The number of nitrogens with zero attached hydrogens (tertiary/aromatic N) is 4. The molecule has 1 aliphatic carbocycles. The zero-order chi connectivity index (χ0) is 21.9. The lowest BCUT2D eigenvalue weighted by Gasteiger charge is -2.15. The molecule has 2 heterocycles. The molecule has 0 bridgehead atoms. The van der Waals surface area contributed by atoms with Gasteiger partial charge >= 0.3 is 5.97 Å². The van der Waals surface area contributed by atoms with Crippen molar-refractivity contribution in [1.29, 1.82) is 0 Å². The lowest BCUT2D eigenvalue weighted by molar-refractivity contribution is -0.135. The Kier molecular flexibility index (Phi) is 5.99. The average molecular weight is 431 g/mol. The Morgan fingerprint density at radius 3 is 2.37 bits per heavy atom. The molecule has 0 atom stereocenters. The number of aromatic hydroxyl groups is 1. The third-order valence-corrected chi connectivity index (χ3v) is 4.86. The van der Waals surface area contributed by atoms with Gasteiger partial charge in [0.2, 0.25) is 0 Å². The van der Waals surface area contributed by atoms with Crippen LogP contribution in [-0.4, -0.2) is 48.6 Å². The summed E-state index contributed by atoms with van der Waals surface area (Å²) in [5.41, 5.74) is 11.6. The fourth-order valence-electron chi connectivity index (χ4n) is 2.92. The molecule has 0 spiro atoms. The first-order chi connectivity index (χ1) is 14.3. The van der Waals surface area contributed by atoms with Gasteiger partial charge in [0.05, 0.1) is 18.3 Å². The summed E-state index contributed by atoms with van der Waals surface area (Å²) in [6.07, 6.45) is 5.17. The summed E-state index contributed by atoms with van der Waals surface area (Å²) in [7, 11) is 0. The zero-order valence-corrected chi connectivity index (χ0v) is 16.5. The normalized spacial score (nSPS) is 13.8. The van der Waals surface area contributed by atoms with Gasteiger partial charge < -0.3 is 21.7 Å². The molecule has 6 N–H and O–H groups in total. The number of aromatic nitrogens is 4. The molecule has 1 aromatic carbocycles.